The summed E-state index contributed by atoms with van der Waals surface area (Å²) in [4.78, 5) is 31.0. The minimum atomic E-state index is -0.108. The fourth-order valence-electron chi connectivity index (χ4n) is 4.15. The predicted octanol–water partition coefficient (Wildman–Crippen LogP) is 3.45. The Morgan fingerprint density at radius 3 is 2.66 bits per heavy atom. The number of nitrogens with one attached hydrogen (secondary N) is 1. The summed E-state index contributed by atoms with van der Waals surface area (Å²) < 4.78 is 2.29. The quantitative estimate of drug-likeness (QED) is 0.529. The number of aromatic amines is 1. The van der Waals surface area contributed by atoms with Gasteiger partial charge in [-0.1, -0.05) is 30.3 Å². The van der Waals surface area contributed by atoms with Gasteiger partial charge in [-0.15, -0.1) is 0 Å². The summed E-state index contributed by atoms with van der Waals surface area (Å²) in [6.45, 7) is 6.22. The Bertz CT molecular complexity index is 1290. The lowest BCUT2D eigenvalue weighted by molar-refractivity contribution is 0.622. The highest BCUT2D eigenvalue weighted by Gasteiger charge is 2.22. The molecule has 0 aliphatic carbocycles. The number of nitrogens with zero attached hydrogens (tertiary/aromatic N) is 5. The van der Waals surface area contributed by atoms with Gasteiger partial charge in [-0.25, -0.2) is 15.0 Å². The number of pyridine rings is 1. The zero-order valence-electron chi connectivity index (χ0n) is 18.4. The van der Waals surface area contributed by atoms with Crippen molar-refractivity contribution in [1.82, 2.24) is 24.5 Å². The molecule has 0 amide bonds. The van der Waals surface area contributed by atoms with Gasteiger partial charge in [0.2, 0.25) is 0 Å². The van der Waals surface area contributed by atoms with Gasteiger partial charge in [0.15, 0.2) is 0 Å². The van der Waals surface area contributed by atoms with Gasteiger partial charge >= 0.3 is 0 Å². The number of H-pyrrole nitrogens is 1. The van der Waals surface area contributed by atoms with Gasteiger partial charge < -0.3 is 14.5 Å². The standard InChI is InChI=1S/C25H26N6O/c1-17-18(2)28-24(29-25(17)32)20-8-9-23(26-14-20)30-13-11-22-21(15-30)27-16-31(22)12-10-19-6-4-3-5-7-19/h3-9,14,16H,10-13,15H2,1-2H3,(H,28,29,32). The molecule has 0 spiro atoms. The fourth-order valence-corrected chi connectivity index (χ4v) is 4.15. The number of imidazole rings is 1. The number of hydrogen-bond donors (Lipinski definition) is 1. The van der Waals surface area contributed by atoms with Crippen molar-refractivity contribution < 1.29 is 0 Å². The van der Waals surface area contributed by atoms with Crippen molar-refractivity contribution in [2.75, 3.05) is 11.4 Å². The number of anilines is 1. The number of rotatable bonds is 5. The number of hydrogen-bond acceptors (Lipinski definition) is 5. The van der Waals surface area contributed by atoms with E-state index in [-0.39, 0.29) is 5.56 Å². The first-order valence-electron chi connectivity index (χ1n) is 10.9. The third-order valence-corrected chi connectivity index (χ3v) is 6.22. The number of fused-ring (bicyclic) bond motifs is 1. The lowest BCUT2D eigenvalue weighted by Crippen LogP contribution is -2.32. The van der Waals surface area contributed by atoms with E-state index in [4.69, 9.17) is 0 Å². The topological polar surface area (TPSA) is 79.7 Å². The van der Waals surface area contributed by atoms with Gasteiger partial charge in [0.05, 0.1) is 18.6 Å². The molecule has 0 radical (unpaired) electrons. The molecule has 7 nitrogen and oxygen atoms in total. The molecular formula is C25H26N6O. The summed E-state index contributed by atoms with van der Waals surface area (Å²) in [7, 11) is 0. The van der Waals surface area contributed by atoms with E-state index in [1.54, 1.807) is 13.1 Å². The average Bonchev–Trinajstić information content (AvgIpc) is 3.24. The molecule has 1 aromatic carbocycles. The van der Waals surface area contributed by atoms with Crippen LogP contribution in [0.15, 0.2) is 59.8 Å². The summed E-state index contributed by atoms with van der Waals surface area (Å²) in [5.74, 6) is 1.46. The molecule has 0 saturated heterocycles. The van der Waals surface area contributed by atoms with Gasteiger partial charge in [-0.05, 0) is 38.0 Å². The Kier molecular flexibility index (Phi) is 5.31. The van der Waals surface area contributed by atoms with E-state index < -0.39 is 0 Å². The first kappa shape index (κ1) is 20.2. The Hall–Kier alpha value is -3.74. The second kappa shape index (κ2) is 8.42. The number of aryl methyl sites for hydroxylation is 3. The lowest BCUT2D eigenvalue weighted by atomic mass is 10.1. The number of aromatic nitrogens is 5. The molecule has 1 aliphatic heterocycles. The van der Waals surface area contributed by atoms with Gasteiger partial charge in [-0.2, -0.15) is 0 Å². The molecule has 1 aliphatic rings. The SMILES string of the molecule is Cc1nc(-c2ccc(N3CCc4c(ncn4CCc4ccccc4)C3)nc2)[nH]c(=O)c1C. The second-order valence-corrected chi connectivity index (χ2v) is 8.27. The van der Waals surface area contributed by atoms with Gasteiger partial charge in [0, 0.05) is 48.2 Å². The minimum absolute atomic E-state index is 0.108. The highest BCUT2D eigenvalue weighted by Crippen LogP contribution is 2.24. The van der Waals surface area contributed by atoms with E-state index in [0.29, 0.717) is 11.4 Å². The fraction of sp³-hybridized carbons (Fsp3) is 0.280. The van der Waals surface area contributed by atoms with Crippen LogP contribution < -0.4 is 10.5 Å². The van der Waals surface area contributed by atoms with Crippen LogP contribution in [0, 0.1) is 13.8 Å². The Morgan fingerprint density at radius 2 is 1.91 bits per heavy atom. The predicted molar refractivity (Wildman–Crippen MR) is 125 cm³/mol. The maximum atomic E-state index is 12.1. The van der Waals surface area contributed by atoms with E-state index >= 15 is 0 Å². The molecule has 32 heavy (non-hydrogen) atoms. The van der Waals surface area contributed by atoms with Crippen molar-refractivity contribution in [2.45, 2.75) is 39.8 Å². The normalized spacial score (nSPS) is 13.2. The Labute approximate surface area is 186 Å². The van der Waals surface area contributed by atoms with E-state index in [2.05, 4.69) is 59.7 Å². The molecule has 1 N–H and O–H groups in total. The van der Waals surface area contributed by atoms with Gasteiger partial charge in [0.1, 0.15) is 11.6 Å². The highest BCUT2D eigenvalue weighted by atomic mass is 16.1. The molecule has 0 bridgehead atoms. The molecule has 7 heteroatoms. The van der Waals surface area contributed by atoms with E-state index in [1.165, 1.54) is 11.3 Å². The van der Waals surface area contributed by atoms with Crippen LogP contribution in [0.4, 0.5) is 5.82 Å². The van der Waals surface area contributed by atoms with E-state index in [1.807, 2.05) is 25.4 Å². The largest absolute Gasteiger partial charge is 0.350 e. The van der Waals surface area contributed by atoms with E-state index in [0.717, 1.165) is 55.2 Å². The van der Waals surface area contributed by atoms with Crippen LogP contribution in [-0.4, -0.2) is 31.0 Å². The number of benzene rings is 1. The molecule has 5 rings (SSSR count). The van der Waals surface area contributed by atoms with Gasteiger partial charge in [-0.3, -0.25) is 4.79 Å². The lowest BCUT2D eigenvalue weighted by Gasteiger charge is -2.28. The van der Waals surface area contributed by atoms with Crippen LogP contribution in [0.1, 0.15) is 28.2 Å². The molecule has 0 atom stereocenters. The zero-order chi connectivity index (χ0) is 22.1. The van der Waals surface area contributed by atoms with Crippen LogP contribution in [-0.2, 0) is 25.9 Å². The summed E-state index contributed by atoms with van der Waals surface area (Å²) >= 11 is 0. The first-order valence-corrected chi connectivity index (χ1v) is 10.9. The smallest absolute Gasteiger partial charge is 0.254 e. The van der Waals surface area contributed by atoms with Crippen LogP contribution >= 0.6 is 0 Å². The second-order valence-electron chi connectivity index (χ2n) is 8.27. The summed E-state index contributed by atoms with van der Waals surface area (Å²) in [6.07, 6.45) is 5.69. The maximum absolute atomic E-state index is 12.1. The van der Waals surface area contributed by atoms with Crippen LogP contribution in [0.3, 0.4) is 0 Å². The molecule has 0 unspecified atom stereocenters. The van der Waals surface area contributed by atoms with E-state index in [9.17, 15) is 4.79 Å². The Morgan fingerprint density at radius 1 is 1.06 bits per heavy atom. The molecule has 3 aromatic heterocycles. The molecular weight excluding hydrogens is 400 g/mol. The average molecular weight is 427 g/mol. The van der Waals surface area contributed by atoms with Crippen LogP contribution in [0.2, 0.25) is 0 Å². The van der Waals surface area contributed by atoms with Crippen molar-refractivity contribution in [3.63, 3.8) is 0 Å². The summed E-state index contributed by atoms with van der Waals surface area (Å²) in [6, 6.07) is 14.5. The van der Waals surface area contributed by atoms with Crippen LogP contribution in [0.25, 0.3) is 11.4 Å². The van der Waals surface area contributed by atoms with Crippen molar-refractivity contribution in [2.24, 2.45) is 0 Å². The zero-order valence-corrected chi connectivity index (χ0v) is 18.4. The minimum Gasteiger partial charge on any atom is -0.350 e. The third kappa shape index (κ3) is 3.93. The van der Waals surface area contributed by atoms with Crippen molar-refractivity contribution >= 4 is 5.82 Å². The van der Waals surface area contributed by atoms with Gasteiger partial charge in [0.25, 0.3) is 5.56 Å². The summed E-state index contributed by atoms with van der Waals surface area (Å²) in [5, 5.41) is 0. The molecule has 162 valence electrons. The monoisotopic (exact) mass is 426 g/mol. The highest BCUT2D eigenvalue weighted by molar-refractivity contribution is 5.57. The summed E-state index contributed by atoms with van der Waals surface area (Å²) in [5.41, 5.74) is 5.86. The Balaban J connectivity index is 1.29. The van der Waals surface area contributed by atoms with Crippen molar-refractivity contribution in [1.29, 1.82) is 0 Å². The third-order valence-electron chi connectivity index (χ3n) is 6.22. The van der Waals surface area contributed by atoms with Crippen molar-refractivity contribution in [3.05, 3.63) is 93.6 Å². The molecule has 0 saturated carbocycles. The molecule has 4 aromatic rings. The molecule has 4 heterocycles. The van der Waals surface area contributed by atoms with Crippen LogP contribution in [0.5, 0.6) is 0 Å². The first-order chi connectivity index (χ1) is 15.6. The maximum Gasteiger partial charge on any atom is 0.254 e. The van der Waals surface area contributed by atoms with Crippen molar-refractivity contribution in [3.8, 4) is 11.4 Å². The molecule has 0 fully saturated rings.